The Kier molecular flexibility index (Phi) is 6.92. The van der Waals surface area contributed by atoms with E-state index in [1.807, 2.05) is 30.3 Å². The molecule has 1 amide bonds. The third kappa shape index (κ3) is 5.41. The minimum absolute atomic E-state index is 0.0381. The van der Waals surface area contributed by atoms with Gasteiger partial charge in [-0.25, -0.2) is 9.97 Å². The van der Waals surface area contributed by atoms with Crippen LogP contribution in [0.15, 0.2) is 54.9 Å². The summed E-state index contributed by atoms with van der Waals surface area (Å²) in [6.45, 7) is 1.15. The number of aromatic nitrogens is 2. The molecule has 2 aromatic carbocycles. The quantitative estimate of drug-likeness (QED) is 0.498. The zero-order valence-corrected chi connectivity index (χ0v) is 19.0. The predicted molar refractivity (Wildman–Crippen MR) is 124 cm³/mol. The van der Waals surface area contributed by atoms with Crippen molar-refractivity contribution < 1.29 is 22.7 Å². The van der Waals surface area contributed by atoms with Crippen molar-refractivity contribution in [2.24, 2.45) is 5.92 Å². The van der Waals surface area contributed by atoms with Gasteiger partial charge in [0.05, 0.1) is 29.1 Å². The van der Waals surface area contributed by atoms with Crippen LogP contribution < -0.4 is 15.0 Å². The van der Waals surface area contributed by atoms with E-state index in [1.54, 1.807) is 7.11 Å². The van der Waals surface area contributed by atoms with Crippen molar-refractivity contribution in [3.05, 3.63) is 65.4 Å². The van der Waals surface area contributed by atoms with Crippen molar-refractivity contribution in [3.8, 4) is 17.0 Å². The van der Waals surface area contributed by atoms with Gasteiger partial charge in [-0.15, -0.1) is 0 Å². The highest BCUT2D eigenvalue weighted by atomic mass is 35.5. The van der Waals surface area contributed by atoms with Gasteiger partial charge in [0.2, 0.25) is 5.91 Å². The molecule has 0 saturated carbocycles. The highest BCUT2D eigenvalue weighted by molar-refractivity contribution is 6.33. The molecule has 1 saturated heterocycles. The van der Waals surface area contributed by atoms with Crippen molar-refractivity contribution in [3.63, 3.8) is 0 Å². The second-order valence-electron chi connectivity index (χ2n) is 7.93. The summed E-state index contributed by atoms with van der Waals surface area (Å²) in [4.78, 5) is 23.5. The Morgan fingerprint density at radius 1 is 1.09 bits per heavy atom. The van der Waals surface area contributed by atoms with E-state index in [0.717, 1.165) is 41.0 Å². The number of hydrogen-bond donors (Lipinski definition) is 1. The van der Waals surface area contributed by atoms with Gasteiger partial charge in [-0.3, -0.25) is 4.79 Å². The Morgan fingerprint density at radius 2 is 1.79 bits per heavy atom. The number of benzene rings is 2. The van der Waals surface area contributed by atoms with Gasteiger partial charge >= 0.3 is 6.18 Å². The van der Waals surface area contributed by atoms with Gasteiger partial charge in [-0.2, -0.15) is 13.2 Å². The number of carbonyl (C=O) groups excluding carboxylic acids is 1. The smallest absolute Gasteiger partial charge is 0.416 e. The topological polar surface area (TPSA) is 67.3 Å². The minimum Gasteiger partial charge on any atom is -0.497 e. The molecule has 1 aromatic heterocycles. The molecule has 0 bridgehead atoms. The number of halogens is 4. The number of amides is 1. The van der Waals surface area contributed by atoms with Crippen molar-refractivity contribution in [2.75, 3.05) is 30.4 Å². The number of rotatable bonds is 5. The fraction of sp³-hybridized carbons (Fsp3) is 0.292. The van der Waals surface area contributed by atoms with Gasteiger partial charge in [-0.05, 0) is 55.3 Å². The first-order valence-corrected chi connectivity index (χ1v) is 11.0. The standard InChI is InChI=1S/C24H22ClF3N4O2/c1-34-18-5-2-15(3-6-18)20-13-22(30-14-29-20)32-10-8-16(9-11-32)23(33)31-21-12-17(24(26,27)28)4-7-19(21)25/h2-7,12-14,16H,8-11H2,1H3,(H,31,33). The van der Waals surface area contributed by atoms with Crippen LogP contribution in [0.1, 0.15) is 18.4 Å². The molecule has 3 aromatic rings. The largest absolute Gasteiger partial charge is 0.497 e. The number of nitrogens with one attached hydrogen (secondary N) is 1. The van der Waals surface area contributed by atoms with Crippen LogP contribution in [0.4, 0.5) is 24.7 Å². The lowest BCUT2D eigenvalue weighted by molar-refractivity contribution is -0.137. The van der Waals surface area contributed by atoms with Crippen LogP contribution >= 0.6 is 11.6 Å². The van der Waals surface area contributed by atoms with E-state index in [2.05, 4.69) is 20.2 Å². The molecule has 6 nitrogen and oxygen atoms in total. The molecule has 2 heterocycles. The molecule has 0 aliphatic carbocycles. The SMILES string of the molecule is COc1ccc(-c2cc(N3CCC(C(=O)Nc4cc(C(F)(F)F)ccc4Cl)CC3)ncn2)cc1. The average molecular weight is 491 g/mol. The van der Waals surface area contributed by atoms with Crippen LogP contribution in [-0.4, -0.2) is 36.1 Å². The number of carbonyl (C=O) groups is 1. The zero-order valence-electron chi connectivity index (χ0n) is 18.3. The molecule has 0 unspecified atom stereocenters. The van der Waals surface area contributed by atoms with Crippen molar-refractivity contribution >= 4 is 29.0 Å². The molecule has 0 atom stereocenters. The third-order valence-electron chi connectivity index (χ3n) is 5.78. The van der Waals surface area contributed by atoms with Gasteiger partial charge < -0.3 is 15.0 Å². The maximum absolute atomic E-state index is 13.0. The van der Waals surface area contributed by atoms with E-state index in [4.69, 9.17) is 16.3 Å². The summed E-state index contributed by atoms with van der Waals surface area (Å²) in [6, 6.07) is 12.3. The monoisotopic (exact) mass is 490 g/mol. The number of ether oxygens (including phenoxy) is 1. The number of anilines is 2. The molecule has 0 spiro atoms. The van der Waals surface area contributed by atoms with Gasteiger partial charge in [0.15, 0.2) is 0 Å². The molecule has 1 aliphatic rings. The lowest BCUT2D eigenvalue weighted by Gasteiger charge is -2.32. The summed E-state index contributed by atoms with van der Waals surface area (Å²) in [5.41, 5.74) is 0.797. The molecule has 1 fully saturated rings. The van der Waals surface area contributed by atoms with E-state index in [0.29, 0.717) is 25.9 Å². The van der Waals surface area contributed by atoms with Crippen LogP contribution in [0.5, 0.6) is 5.75 Å². The van der Waals surface area contributed by atoms with Crippen LogP contribution in [-0.2, 0) is 11.0 Å². The van der Waals surface area contributed by atoms with Gasteiger partial charge in [0.25, 0.3) is 0 Å². The van der Waals surface area contributed by atoms with E-state index in [1.165, 1.54) is 6.33 Å². The highest BCUT2D eigenvalue weighted by Gasteiger charge is 2.32. The first-order valence-electron chi connectivity index (χ1n) is 10.6. The van der Waals surface area contributed by atoms with Gasteiger partial charge in [-0.1, -0.05) is 11.6 Å². The van der Waals surface area contributed by atoms with Crippen LogP contribution in [0.3, 0.4) is 0 Å². The van der Waals surface area contributed by atoms with Crippen LogP contribution in [0.2, 0.25) is 5.02 Å². The third-order valence-corrected chi connectivity index (χ3v) is 6.11. The summed E-state index contributed by atoms with van der Waals surface area (Å²) in [6.07, 6.45) is -1.95. The molecular formula is C24H22ClF3N4O2. The van der Waals surface area contributed by atoms with Gasteiger partial charge in [0, 0.05) is 30.6 Å². The lowest BCUT2D eigenvalue weighted by Crippen LogP contribution is -2.38. The Balaban J connectivity index is 1.39. The van der Waals surface area contributed by atoms with Crippen LogP contribution in [0, 0.1) is 5.92 Å². The lowest BCUT2D eigenvalue weighted by atomic mass is 9.95. The van der Waals surface area contributed by atoms with E-state index < -0.39 is 11.7 Å². The van der Waals surface area contributed by atoms with Crippen LogP contribution in [0.25, 0.3) is 11.3 Å². The average Bonchev–Trinajstić information content (AvgIpc) is 2.85. The maximum Gasteiger partial charge on any atom is 0.416 e. The Bertz CT molecular complexity index is 1160. The predicted octanol–water partition coefficient (Wildman–Crippen LogP) is 5.68. The number of methoxy groups -OCH3 is 1. The molecule has 34 heavy (non-hydrogen) atoms. The summed E-state index contributed by atoms with van der Waals surface area (Å²) < 4.78 is 44.2. The second kappa shape index (κ2) is 9.89. The second-order valence-corrected chi connectivity index (χ2v) is 8.34. The maximum atomic E-state index is 13.0. The molecule has 1 aliphatic heterocycles. The Morgan fingerprint density at radius 3 is 2.44 bits per heavy atom. The van der Waals surface area contributed by atoms with Crippen molar-refractivity contribution in [2.45, 2.75) is 19.0 Å². The molecule has 10 heteroatoms. The highest BCUT2D eigenvalue weighted by Crippen LogP contribution is 2.34. The number of alkyl halides is 3. The summed E-state index contributed by atoms with van der Waals surface area (Å²) in [5.74, 6) is 0.817. The summed E-state index contributed by atoms with van der Waals surface area (Å²) >= 11 is 6.00. The molecule has 0 radical (unpaired) electrons. The number of piperidine rings is 1. The van der Waals surface area contributed by atoms with Gasteiger partial charge in [0.1, 0.15) is 17.9 Å². The van der Waals surface area contributed by atoms with Crippen molar-refractivity contribution in [1.29, 1.82) is 0 Å². The Labute approximate surface area is 199 Å². The molecular weight excluding hydrogens is 469 g/mol. The normalized spacial score (nSPS) is 14.7. The van der Waals surface area contributed by atoms with Crippen molar-refractivity contribution in [1.82, 2.24) is 9.97 Å². The molecule has 1 N–H and O–H groups in total. The summed E-state index contributed by atoms with van der Waals surface area (Å²) in [5, 5.41) is 2.62. The van der Waals surface area contributed by atoms with E-state index >= 15 is 0 Å². The Hall–Kier alpha value is -3.33. The first-order chi connectivity index (χ1) is 16.2. The number of hydrogen-bond acceptors (Lipinski definition) is 5. The molecule has 4 rings (SSSR count). The fourth-order valence-electron chi connectivity index (χ4n) is 3.84. The zero-order chi connectivity index (χ0) is 24.3. The minimum atomic E-state index is -4.52. The van der Waals surface area contributed by atoms with E-state index in [-0.39, 0.29) is 22.5 Å². The molecule has 178 valence electrons. The number of nitrogens with zero attached hydrogens (tertiary/aromatic N) is 3. The van der Waals surface area contributed by atoms with E-state index in [9.17, 15) is 18.0 Å². The summed E-state index contributed by atoms with van der Waals surface area (Å²) in [7, 11) is 1.61. The fourth-order valence-corrected chi connectivity index (χ4v) is 4.01. The first kappa shape index (κ1) is 23.8.